The first-order valence-corrected chi connectivity index (χ1v) is 6.54. The number of aliphatic hydroxyl groups is 1. The zero-order chi connectivity index (χ0) is 15.0. The van der Waals surface area contributed by atoms with Crippen LogP contribution >= 0.6 is 0 Å². The second-order valence-electron chi connectivity index (χ2n) is 5.15. The van der Waals surface area contributed by atoms with Crippen LogP contribution in [0.15, 0.2) is 18.3 Å². The Labute approximate surface area is 118 Å². The Bertz CT molecular complexity index is 418. The molecule has 0 aliphatic carbocycles. The van der Waals surface area contributed by atoms with Crippen molar-refractivity contribution in [3.63, 3.8) is 0 Å². The molecule has 0 atom stereocenters. The second-order valence-corrected chi connectivity index (χ2v) is 5.15. The summed E-state index contributed by atoms with van der Waals surface area (Å²) in [6.45, 7) is 4.60. The number of nitrogens with zero attached hydrogens (tertiary/aromatic N) is 1. The number of rotatable bonds is 8. The molecule has 3 N–H and O–H groups in total. The van der Waals surface area contributed by atoms with Crippen LogP contribution in [-0.2, 0) is 22.7 Å². The summed E-state index contributed by atoms with van der Waals surface area (Å²) in [4.78, 5) is 14.8. The van der Waals surface area contributed by atoms with Crippen molar-refractivity contribution in [3.8, 4) is 0 Å². The van der Waals surface area contributed by atoms with Crippen LogP contribution in [0.3, 0.4) is 0 Å². The number of nitrogens with two attached hydrogens (primary N) is 1. The molecular weight excluding hydrogens is 260 g/mol. The van der Waals surface area contributed by atoms with Crippen molar-refractivity contribution >= 4 is 6.09 Å². The fraction of sp³-hybridized carbons (Fsp3) is 0.571. The Morgan fingerprint density at radius 1 is 1.45 bits per heavy atom. The molecule has 0 saturated carbocycles. The molecule has 6 nitrogen and oxygen atoms in total. The van der Waals surface area contributed by atoms with Crippen molar-refractivity contribution in [1.29, 1.82) is 0 Å². The topological polar surface area (TPSA) is 94.7 Å². The van der Waals surface area contributed by atoms with Crippen LogP contribution in [0, 0.1) is 0 Å². The van der Waals surface area contributed by atoms with E-state index < -0.39 is 11.7 Å². The van der Waals surface area contributed by atoms with Crippen LogP contribution in [0.4, 0.5) is 4.79 Å². The predicted octanol–water partition coefficient (Wildman–Crippen LogP) is 1.74. The summed E-state index contributed by atoms with van der Waals surface area (Å²) < 4.78 is 10.5. The number of carbonyl (C=O) groups excluding carboxylic acids is 1. The number of aromatic nitrogens is 1. The molecule has 0 aromatic carbocycles. The van der Waals surface area contributed by atoms with Crippen LogP contribution in [0.25, 0.3) is 0 Å². The van der Waals surface area contributed by atoms with Crippen molar-refractivity contribution in [2.75, 3.05) is 6.61 Å². The molecule has 0 fully saturated rings. The van der Waals surface area contributed by atoms with Gasteiger partial charge in [-0.25, -0.2) is 4.79 Å². The molecule has 0 spiro atoms. The highest BCUT2D eigenvalue weighted by molar-refractivity contribution is 5.65. The van der Waals surface area contributed by atoms with E-state index in [0.29, 0.717) is 25.3 Å². The number of hydrogen-bond donors (Lipinski definition) is 2. The SMILES string of the molecule is CC(C)(CCCOCc1ccc(CO)nc1)OC(N)=O. The average Bonchev–Trinajstić information content (AvgIpc) is 2.37. The fourth-order valence-electron chi connectivity index (χ4n) is 1.75. The number of carbonyl (C=O) groups is 1. The summed E-state index contributed by atoms with van der Waals surface area (Å²) in [7, 11) is 0. The van der Waals surface area contributed by atoms with Crippen molar-refractivity contribution in [1.82, 2.24) is 4.98 Å². The molecule has 0 aliphatic rings. The lowest BCUT2D eigenvalue weighted by Gasteiger charge is -2.23. The molecule has 1 rings (SSSR count). The van der Waals surface area contributed by atoms with E-state index in [1.165, 1.54) is 0 Å². The average molecular weight is 282 g/mol. The van der Waals surface area contributed by atoms with E-state index in [9.17, 15) is 4.79 Å². The maximum atomic E-state index is 10.7. The number of aliphatic hydroxyl groups excluding tert-OH is 1. The van der Waals surface area contributed by atoms with E-state index in [1.54, 1.807) is 12.3 Å². The molecule has 6 heteroatoms. The Hall–Kier alpha value is -1.66. The van der Waals surface area contributed by atoms with E-state index in [0.717, 1.165) is 12.0 Å². The fourth-order valence-corrected chi connectivity index (χ4v) is 1.75. The first-order valence-electron chi connectivity index (χ1n) is 6.54. The zero-order valence-electron chi connectivity index (χ0n) is 12.0. The first-order chi connectivity index (χ1) is 9.43. The molecule has 0 aliphatic heterocycles. The summed E-state index contributed by atoms with van der Waals surface area (Å²) in [6.07, 6.45) is 2.37. The van der Waals surface area contributed by atoms with E-state index >= 15 is 0 Å². The highest BCUT2D eigenvalue weighted by Gasteiger charge is 2.20. The number of amides is 1. The molecule has 1 aromatic heterocycles. The van der Waals surface area contributed by atoms with Crippen LogP contribution in [0.2, 0.25) is 0 Å². The lowest BCUT2D eigenvalue weighted by atomic mass is 10.0. The number of pyridine rings is 1. The van der Waals surface area contributed by atoms with Crippen LogP contribution in [-0.4, -0.2) is 28.4 Å². The Kier molecular flexibility index (Phi) is 6.41. The molecule has 1 aromatic rings. The quantitative estimate of drug-likeness (QED) is 0.708. The molecule has 1 heterocycles. The standard InChI is InChI=1S/C14H22N2O4/c1-14(2,20-13(15)18)6-3-7-19-10-11-4-5-12(9-17)16-8-11/h4-5,8,17H,3,6-7,9-10H2,1-2H3,(H2,15,18). The summed E-state index contributed by atoms with van der Waals surface area (Å²) >= 11 is 0. The Balaban J connectivity index is 2.19. The van der Waals surface area contributed by atoms with Crippen molar-refractivity contribution < 1.29 is 19.4 Å². The Morgan fingerprint density at radius 2 is 2.20 bits per heavy atom. The molecule has 0 saturated heterocycles. The summed E-state index contributed by atoms with van der Waals surface area (Å²) in [6, 6.07) is 3.64. The van der Waals surface area contributed by atoms with E-state index in [-0.39, 0.29) is 6.61 Å². The van der Waals surface area contributed by atoms with Gasteiger partial charge in [-0.2, -0.15) is 0 Å². The van der Waals surface area contributed by atoms with Gasteiger partial charge in [-0.05, 0) is 38.3 Å². The first kappa shape index (κ1) is 16.4. The third-order valence-corrected chi connectivity index (χ3v) is 2.76. The third-order valence-electron chi connectivity index (χ3n) is 2.76. The minimum absolute atomic E-state index is 0.0594. The molecule has 0 bridgehead atoms. The predicted molar refractivity (Wildman–Crippen MR) is 73.8 cm³/mol. The minimum Gasteiger partial charge on any atom is -0.444 e. The minimum atomic E-state index is -0.758. The molecule has 20 heavy (non-hydrogen) atoms. The van der Waals surface area contributed by atoms with Gasteiger partial charge in [0, 0.05) is 12.8 Å². The zero-order valence-corrected chi connectivity index (χ0v) is 12.0. The van der Waals surface area contributed by atoms with Gasteiger partial charge in [0.25, 0.3) is 0 Å². The maximum Gasteiger partial charge on any atom is 0.405 e. The van der Waals surface area contributed by atoms with Crippen molar-refractivity contribution in [2.24, 2.45) is 5.73 Å². The van der Waals surface area contributed by atoms with Crippen LogP contribution < -0.4 is 5.73 Å². The lowest BCUT2D eigenvalue weighted by Crippen LogP contribution is -2.31. The smallest absolute Gasteiger partial charge is 0.405 e. The molecule has 0 radical (unpaired) electrons. The van der Waals surface area contributed by atoms with Crippen LogP contribution in [0.1, 0.15) is 37.9 Å². The van der Waals surface area contributed by atoms with Gasteiger partial charge >= 0.3 is 6.09 Å². The monoisotopic (exact) mass is 282 g/mol. The second kappa shape index (κ2) is 7.81. The van der Waals surface area contributed by atoms with E-state index in [4.69, 9.17) is 20.3 Å². The lowest BCUT2D eigenvalue weighted by molar-refractivity contribution is 0.0273. The number of hydrogen-bond acceptors (Lipinski definition) is 5. The Morgan fingerprint density at radius 3 is 2.75 bits per heavy atom. The van der Waals surface area contributed by atoms with Crippen molar-refractivity contribution in [2.45, 2.75) is 45.5 Å². The largest absolute Gasteiger partial charge is 0.444 e. The van der Waals surface area contributed by atoms with Gasteiger partial charge in [0.1, 0.15) is 5.60 Å². The van der Waals surface area contributed by atoms with Gasteiger partial charge in [0.15, 0.2) is 0 Å². The molecule has 1 amide bonds. The molecule has 112 valence electrons. The summed E-state index contributed by atoms with van der Waals surface area (Å²) in [5.41, 5.74) is 6.01. The van der Waals surface area contributed by atoms with Crippen molar-refractivity contribution in [3.05, 3.63) is 29.6 Å². The van der Waals surface area contributed by atoms with Gasteiger partial charge < -0.3 is 20.3 Å². The number of ether oxygens (including phenoxy) is 2. The van der Waals surface area contributed by atoms with Gasteiger partial charge in [-0.15, -0.1) is 0 Å². The third kappa shape index (κ3) is 6.49. The van der Waals surface area contributed by atoms with Gasteiger partial charge in [-0.3, -0.25) is 4.98 Å². The molecular formula is C14H22N2O4. The highest BCUT2D eigenvalue weighted by Crippen LogP contribution is 2.16. The van der Waals surface area contributed by atoms with Crippen LogP contribution in [0.5, 0.6) is 0 Å². The van der Waals surface area contributed by atoms with Gasteiger partial charge in [0.05, 0.1) is 18.9 Å². The highest BCUT2D eigenvalue weighted by atomic mass is 16.6. The van der Waals surface area contributed by atoms with Gasteiger partial charge in [-0.1, -0.05) is 6.07 Å². The summed E-state index contributed by atoms with van der Waals surface area (Å²) in [5, 5.41) is 8.87. The molecule has 0 unspecified atom stereocenters. The summed E-state index contributed by atoms with van der Waals surface area (Å²) in [5.74, 6) is 0. The normalized spacial score (nSPS) is 11.3. The van der Waals surface area contributed by atoms with E-state index in [2.05, 4.69) is 4.98 Å². The maximum absolute atomic E-state index is 10.7. The van der Waals surface area contributed by atoms with Gasteiger partial charge in [0.2, 0.25) is 0 Å². The van der Waals surface area contributed by atoms with E-state index in [1.807, 2.05) is 19.9 Å². The number of primary amides is 1.